The third kappa shape index (κ3) is 9.81. The van der Waals surface area contributed by atoms with Gasteiger partial charge in [-0.25, -0.2) is 0 Å². The van der Waals surface area contributed by atoms with Crippen LogP contribution in [-0.2, 0) is 20.1 Å². The zero-order valence-corrected chi connectivity index (χ0v) is 18.1. The molecular formula is C20H29IrN2O2-. The van der Waals surface area contributed by atoms with Crippen molar-refractivity contribution in [1.82, 2.24) is 9.97 Å². The maximum absolute atomic E-state index is 9.23. The molecule has 2 rings (SSSR count). The standard InChI is InChI=1S/C12H11N2.C8H18O2.Ir/c1-9-8-13-12(10(2)14-9)11-6-4-3-5-7-11;1-6(2)4-8(10)5-7(3)9;/h3-6,8H,1-2H3;6-10H,4-5H2,1-3H3;/q-1;;. The minimum Gasteiger partial charge on any atom is -0.393 e. The van der Waals surface area contributed by atoms with Crippen molar-refractivity contribution in [2.45, 2.75) is 59.7 Å². The van der Waals surface area contributed by atoms with Crippen molar-refractivity contribution in [1.29, 1.82) is 0 Å². The van der Waals surface area contributed by atoms with Crippen molar-refractivity contribution in [2.24, 2.45) is 5.92 Å². The molecule has 0 fully saturated rings. The van der Waals surface area contributed by atoms with Gasteiger partial charge in [0.05, 0.1) is 17.9 Å². The van der Waals surface area contributed by atoms with Crippen LogP contribution in [0, 0.1) is 25.8 Å². The largest absolute Gasteiger partial charge is 0.393 e. The number of rotatable bonds is 5. The van der Waals surface area contributed by atoms with Crippen molar-refractivity contribution in [3.63, 3.8) is 0 Å². The van der Waals surface area contributed by atoms with E-state index in [1.807, 2.05) is 38.1 Å². The monoisotopic (exact) mass is 522 g/mol. The number of nitrogens with zero attached hydrogens (tertiary/aromatic N) is 2. The molecule has 5 heteroatoms. The van der Waals surface area contributed by atoms with Crippen molar-refractivity contribution >= 4 is 0 Å². The SMILES string of the molecule is CC(C)CC(O)CC(C)O.Cc1cnc(-c2[c-]cccc2)c(C)n1.[Ir]. The van der Waals surface area contributed by atoms with Gasteiger partial charge >= 0.3 is 0 Å². The Hall–Kier alpha value is -1.13. The summed E-state index contributed by atoms with van der Waals surface area (Å²) in [6.45, 7) is 9.73. The van der Waals surface area contributed by atoms with Gasteiger partial charge in [-0.3, -0.25) is 4.98 Å². The van der Waals surface area contributed by atoms with Crippen LogP contribution in [0.4, 0.5) is 0 Å². The smallest absolute Gasteiger partial charge is 0.0567 e. The van der Waals surface area contributed by atoms with Crippen LogP contribution in [0.5, 0.6) is 0 Å². The molecule has 2 unspecified atom stereocenters. The number of aliphatic hydroxyl groups excluding tert-OH is 2. The van der Waals surface area contributed by atoms with Gasteiger partial charge in [-0.1, -0.05) is 13.8 Å². The van der Waals surface area contributed by atoms with E-state index in [-0.39, 0.29) is 32.3 Å². The molecule has 2 N–H and O–H groups in total. The molecule has 1 aromatic heterocycles. The number of hydrogen-bond donors (Lipinski definition) is 2. The van der Waals surface area contributed by atoms with Gasteiger partial charge < -0.3 is 15.2 Å². The molecule has 0 aliphatic rings. The predicted molar refractivity (Wildman–Crippen MR) is 97.5 cm³/mol. The molecule has 4 nitrogen and oxygen atoms in total. The molecule has 0 saturated heterocycles. The third-order valence-corrected chi connectivity index (χ3v) is 3.39. The normalized spacial score (nSPS) is 12.6. The van der Waals surface area contributed by atoms with Gasteiger partial charge in [0.25, 0.3) is 0 Å². The molecule has 0 spiro atoms. The molecule has 2 atom stereocenters. The Morgan fingerprint density at radius 3 is 2.24 bits per heavy atom. The quantitative estimate of drug-likeness (QED) is 0.589. The molecule has 1 aromatic carbocycles. The Labute approximate surface area is 165 Å². The van der Waals surface area contributed by atoms with Crippen molar-refractivity contribution in [2.75, 3.05) is 0 Å². The summed E-state index contributed by atoms with van der Waals surface area (Å²) in [5.41, 5.74) is 3.81. The summed E-state index contributed by atoms with van der Waals surface area (Å²) in [5.74, 6) is 0.508. The fourth-order valence-electron chi connectivity index (χ4n) is 2.44. The van der Waals surface area contributed by atoms with E-state index < -0.39 is 0 Å². The third-order valence-electron chi connectivity index (χ3n) is 3.39. The van der Waals surface area contributed by atoms with Gasteiger partial charge in [0, 0.05) is 37.7 Å². The first-order chi connectivity index (χ1) is 11.3. The summed E-state index contributed by atoms with van der Waals surface area (Å²) >= 11 is 0. The Balaban J connectivity index is 0.000000471. The second-order valence-electron chi connectivity index (χ2n) is 6.59. The van der Waals surface area contributed by atoms with E-state index >= 15 is 0 Å². The zero-order chi connectivity index (χ0) is 18.1. The summed E-state index contributed by atoms with van der Waals surface area (Å²) in [5, 5.41) is 18.1. The summed E-state index contributed by atoms with van der Waals surface area (Å²) in [7, 11) is 0. The van der Waals surface area contributed by atoms with Gasteiger partial charge in [-0.2, -0.15) is 0 Å². The van der Waals surface area contributed by atoms with Gasteiger partial charge in [0.1, 0.15) is 0 Å². The van der Waals surface area contributed by atoms with Crippen molar-refractivity contribution in [3.8, 4) is 11.3 Å². The van der Waals surface area contributed by atoms with Crippen LogP contribution in [0.2, 0.25) is 0 Å². The average Bonchev–Trinajstić information content (AvgIpc) is 2.47. The Bertz CT molecular complexity index is 594. The molecule has 141 valence electrons. The van der Waals surface area contributed by atoms with E-state index in [0.29, 0.717) is 12.3 Å². The predicted octanol–water partition coefficient (Wildman–Crippen LogP) is 3.72. The van der Waals surface area contributed by atoms with Gasteiger partial charge in [0.2, 0.25) is 0 Å². The number of benzene rings is 1. The van der Waals surface area contributed by atoms with E-state index in [0.717, 1.165) is 29.1 Å². The molecule has 0 aliphatic heterocycles. The van der Waals surface area contributed by atoms with E-state index in [1.165, 1.54) is 0 Å². The number of hydrogen-bond acceptors (Lipinski definition) is 4. The Morgan fingerprint density at radius 1 is 1.08 bits per heavy atom. The summed E-state index contributed by atoms with van der Waals surface area (Å²) in [6.07, 6.45) is 2.35. The van der Waals surface area contributed by atoms with Crippen LogP contribution in [0.3, 0.4) is 0 Å². The molecular weight excluding hydrogens is 492 g/mol. The zero-order valence-electron chi connectivity index (χ0n) is 15.7. The van der Waals surface area contributed by atoms with Gasteiger partial charge in [-0.15, -0.1) is 35.9 Å². The first-order valence-corrected chi connectivity index (χ1v) is 8.43. The maximum atomic E-state index is 9.23. The molecule has 1 heterocycles. The summed E-state index contributed by atoms with van der Waals surface area (Å²) in [6, 6.07) is 10.9. The number of aromatic nitrogens is 2. The minimum absolute atomic E-state index is 0. The number of aliphatic hydroxyl groups is 2. The Kier molecular flexibility index (Phi) is 11.7. The molecule has 25 heavy (non-hydrogen) atoms. The van der Waals surface area contributed by atoms with E-state index in [1.54, 1.807) is 13.1 Å². The number of aryl methyl sites for hydroxylation is 2. The van der Waals surface area contributed by atoms with Crippen LogP contribution in [0.25, 0.3) is 11.3 Å². The molecule has 0 amide bonds. The maximum Gasteiger partial charge on any atom is 0.0567 e. The van der Waals surface area contributed by atoms with Crippen LogP contribution >= 0.6 is 0 Å². The van der Waals surface area contributed by atoms with E-state index in [9.17, 15) is 5.11 Å². The van der Waals surface area contributed by atoms with E-state index in [2.05, 4.69) is 29.9 Å². The average molecular weight is 522 g/mol. The fourth-order valence-corrected chi connectivity index (χ4v) is 2.44. The van der Waals surface area contributed by atoms with Gasteiger partial charge in [-0.05, 0) is 39.5 Å². The second kappa shape index (κ2) is 12.3. The van der Waals surface area contributed by atoms with Crippen LogP contribution in [0.1, 0.15) is 45.0 Å². The molecule has 0 saturated carbocycles. The molecule has 0 aliphatic carbocycles. The van der Waals surface area contributed by atoms with Crippen molar-refractivity contribution in [3.05, 3.63) is 47.9 Å². The van der Waals surface area contributed by atoms with Crippen LogP contribution in [0.15, 0.2) is 30.5 Å². The first-order valence-electron chi connectivity index (χ1n) is 8.43. The molecule has 2 aromatic rings. The topological polar surface area (TPSA) is 66.2 Å². The van der Waals surface area contributed by atoms with Gasteiger partial charge in [0.15, 0.2) is 0 Å². The van der Waals surface area contributed by atoms with Crippen molar-refractivity contribution < 1.29 is 30.3 Å². The minimum atomic E-state index is -0.381. The molecule has 1 radical (unpaired) electrons. The first kappa shape index (κ1) is 23.9. The van der Waals surface area contributed by atoms with Crippen LogP contribution in [-0.4, -0.2) is 32.4 Å². The Morgan fingerprint density at radius 2 is 1.76 bits per heavy atom. The molecule has 0 bridgehead atoms. The fraction of sp³-hybridized carbons (Fsp3) is 0.500. The summed E-state index contributed by atoms with van der Waals surface area (Å²) in [4.78, 5) is 8.72. The summed E-state index contributed by atoms with van der Waals surface area (Å²) < 4.78 is 0. The second-order valence-corrected chi connectivity index (χ2v) is 6.59. The van der Waals surface area contributed by atoms with Crippen LogP contribution < -0.4 is 0 Å². The van der Waals surface area contributed by atoms with E-state index in [4.69, 9.17) is 5.11 Å².